The molecule has 0 atom stereocenters. The van der Waals surface area contributed by atoms with Crippen LogP contribution in [0.5, 0.6) is 0 Å². The lowest BCUT2D eigenvalue weighted by Gasteiger charge is -1.88. The van der Waals surface area contributed by atoms with Gasteiger partial charge in [0.2, 0.25) is 0 Å². The normalized spacial score (nSPS) is 10.6. The lowest BCUT2D eigenvalue weighted by molar-refractivity contribution is 0.728. The Bertz CT molecular complexity index is 57.4. The number of rotatable bonds is 4. The van der Waals surface area contributed by atoms with Crippen LogP contribution in [0, 0.1) is 0 Å². The minimum atomic E-state index is 1.08. The van der Waals surface area contributed by atoms with Gasteiger partial charge in [-0.05, 0) is 12.8 Å². The van der Waals surface area contributed by atoms with E-state index in [1.54, 1.807) is 0 Å². The van der Waals surface area contributed by atoms with Gasteiger partial charge in [0.05, 0.1) is 0 Å². The third-order valence-corrected chi connectivity index (χ3v) is 1.09. The molecule has 1 radical (unpaired) electrons. The molecule has 47 valence electrons. The van der Waals surface area contributed by atoms with Gasteiger partial charge in [-0.25, -0.2) is 0 Å². The molecule has 0 unspecified atom stereocenters. The quantitative estimate of drug-likeness (QED) is 0.498. The van der Waals surface area contributed by atoms with Crippen LogP contribution >= 0.6 is 0 Å². The molecule has 1 nitrogen and oxygen atoms in total. The molecular weight excluding hydrogens is 98.1 g/mol. The average Bonchev–Trinajstić information content (AvgIpc) is 1.81. The van der Waals surface area contributed by atoms with Crippen LogP contribution in [-0.2, 0) is 0 Å². The molecule has 0 rings (SSSR count). The van der Waals surface area contributed by atoms with Crippen molar-refractivity contribution in [2.24, 2.45) is 0 Å². The number of hydrogen-bond acceptors (Lipinski definition) is 0. The Morgan fingerprint density at radius 2 is 2.12 bits per heavy atom. The van der Waals surface area contributed by atoms with Crippen molar-refractivity contribution in [3.8, 4) is 0 Å². The fraction of sp³-hybridized carbons (Fsp3) is 0.714. The first-order chi connectivity index (χ1) is 3.91. The summed E-state index contributed by atoms with van der Waals surface area (Å²) >= 11 is 0. The van der Waals surface area contributed by atoms with E-state index in [-0.39, 0.29) is 0 Å². The molecule has 0 aliphatic rings. The SMILES string of the molecule is CCCCC/C=C/[NH]. The van der Waals surface area contributed by atoms with Crippen molar-refractivity contribution in [1.29, 1.82) is 0 Å². The van der Waals surface area contributed by atoms with Crippen LogP contribution in [0.25, 0.3) is 0 Å². The van der Waals surface area contributed by atoms with E-state index in [0.717, 1.165) is 6.42 Å². The first-order valence-corrected chi connectivity index (χ1v) is 3.24. The van der Waals surface area contributed by atoms with Crippen molar-refractivity contribution in [1.82, 2.24) is 5.73 Å². The fourth-order valence-corrected chi connectivity index (χ4v) is 0.596. The monoisotopic (exact) mass is 112 g/mol. The number of nitrogens with one attached hydrogen (secondary N) is 1. The molecule has 0 spiro atoms. The van der Waals surface area contributed by atoms with E-state index in [9.17, 15) is 0 Å². The second kappa shape index (κ2) is 6.54. The van der Waals surface area contributed by atoms with Crippen LogP contribution in [0.2, 0.25) is 0 Å². The highest BCUT2D eigenvalue weighted by Crippen LogP contribution is 1.98. The van der Waals surface area contributed by atoms with E-state index in [1.807, 2.05) is 6.08 Å². The Morgan fingerprint density at radius 3 is 2.62 bits per heavy atom. The summed E-state index contributed by atoms with van der Waals surface area (Å²) in [5.74, 6) is 0. The van der Waals surface area contributed by atoms with Gasteiger partial charge >= 0.3 is 0 Å². The summed E-state index contributed by atoms with van der Waals surface area (Å²) in [5.41, 5.74) is 6.66. The molecule has 0 bridgehead atoms. The topological polar surface area (TPSA) is 23.8 Å². The zero-order valence-electron chi connectivity index (χ0n) is 5.48. The largest absolute Gasteiger partial charge is 0.309 e. The number of unbranched alkanes of at least 4 members (excludes halogenated alkanes) is 3. The zero-order valence-corrected chi connectivity index (χ0v) is 5.48. The molecule has 1 N–H and O–H groups in total. The van der Waals surface area contributed by atoms with Crippen molar-refractivity contribution in [2.75, 3.05) is 0 Å². The second-order valence-electron chi connectivity index (χ2n) is 1.90. The molecule has 0 aromatic rings. The highest BCUT2D eigenvalue weighted by atomic mass is 14.5. The van der Waals surface area contributed by atoms with Crippen molar-refractivity contribution in [3.05, 3.63) is 12.3 Å². The van der Waals surface area contributed by atoms with Crippen LogP contribution in [0.1, 0.15) is 32.6 Å². The van der Waals surface area contributed by atoms with Crippen LogP contribution in [0.15, 0.2) is 12.3 Å². The maximum Gasteiger partial charge on any atom is 0.0137 e. The molecule has 0 amide bonds. The fourth-order valence-electron chi connectivity index (χ4n) is 0.596. The number of hydrogen-bond donors (Lipinski definition) is 0. The summed E-state index contributed by atoms with van der Waals surface area (Å²) < 4.78 is 0. The highest BCUT2D eigenvalue weighted by Gasteiger charge is 1.78. The highest BCUT2D eigenvalue weighted by molar-refractivity contribution is 4.73. The van der Waals surface area contributed by atoms with Crippen LogP contribution in [0.3, 0.4) is 0 Å². The Labute approximate surface area is 51.6 Å². The molecule has 0 aliphatic carbocycles. The van der Waals surface area contributed by atoms with Gasteiger partial charge in [0.15, 0.2) is 0 Å². The van der Waals surface area contributed by atoms with Gasteiger partial charge in [0.1, 0.15) is 0 Å². The Kier molecular flexibility index (Phi) is 6.16. The molecule has 1 heteroatoms. The molecule has 0 aliphatic heterocycles. The molecule has 0 saturated heterocycles. The summed E-state index contributed by atoms with van der Waals surface area (Å²) in [7, 11) is 0. The van der Waals surface area contributed by atoms with Crippen molar-refractivity contribution >= 4 is 0 Å². The lowest BCUT2D eigenvalue weighted by Crippen LogP contribution is -1.69. The van der Waals surface area contributed by atoms with Gasteiger partial charge in [-0.3, -0.25) is 0 Å². The van der Waals surface area contributed by atoms with E-state index in [2.05, 4.69) is 6.92 Å². The van der Waals surface area contributed by atoms with Gasteiger partial charge in [0.25, 0.3) is 0 Å². The molecule has 0 saturated carbocycles. The molecule has 0 aromatic heterocycles. The van der Waals surface area contributed by atoms with Crippen molar-refractivity contribution in [3.63, 3.8) is 0 Å². The standard InChI is InChI=1S/C7H14N/c1-2-3-4-5-6-7-8/h6-8H,2-5H2,1H3/b7-6+. The maximum atomic E-state index is 6.66. The number of allylic oxidation sites excluding steroid dienone is 1. The summed E-state index contributed by atoms with van der Waals surface area (Å²) in [6.07, 6.45) is 8.16. The minimum absolute atomic E-state index is 1.08. The van der Waals surface area contributed by atoms with Gasteiger partial charge in [-0.2, -0.15) is 0 Å². The Hall–Kier alpha value is -0.460. The van der Waals surface area contributed by atoms with E-state index in [1.165, 1.54) is 25.5 Å². The van der Waals surface area contributed by atoms with Gasteiger partial charge in [-0.15, -0.1) is 0 Å². The smallest absolute Gasteiger partial charge is 0.0137 e. The van der Waals surface area contributed by atoms with Crippen LogP contribution in [-0.4, -0.2) is 0 Å². The Morgan fingerprint density at radius 1 is 1.38 bits per heavy atom. The first kappa shape index (κ1) is 7.54. The van der Waals surface area contributed by atoms with Crippen LogP contribution < -0.4 is 5.73 Å². The first-order valence-electron chi connectivity index (χ1n) is 3.24. The van der Waals surface area contributed by atoms with Gasteiger partial charge in [0, 0.05) is 6.20 Å². The zero-order chi connectivity index (χ0) is 6.24. The summed E-state index contributed by atoms with van der Waals surface area (Å²) in [5, 5.41) is 0. The molecule has 0 fully saturated rings. The minimum Gasteiger partial charge on any atom is -0.309 e. The van der Waals surface area contributed by atoms with Crippen LogP contribution in [0.4, 0.5) is 0 Å². The van der Waals surface area contributed by atoms with E-state index < -0.39 is 0 Å². The summed E-state index contributed by atoms with van der Waals surface area (Å²) in [6.45, 7) is 2.18. The molecule has 0 aromatic carbocycles. The van der Waals surface area contributed by atoms with Gasteiger partial charge < -0.3 is 5.73 Å². The molecular formula is C7H14N. The Balaban J connectivity index is 2.72. The van der Waals surface area contributed by atoms with E-state index in [0.29, 0.717) is 0 Å². The van der Waals surface area contributed by atoms with E-state index in [4.69, 9.17) is 5.73 Å². The van der Waals surface area contributed by atoms with Crippen molar-refractivity contribution < 1.29 is 0 Å². The third-order valence-electron chi connectivity index (χ3n) is 1.09. The molecule has 8 heavy (non-hydrogen) atoms. The predicted molar refractivity (Wildman–Crippen MR) is 36.4 cm³/mol. The van der Waals surface area contributed by atoms with Gasteiger partial charge in [-0.1, -0.05) is 25.8 Å². The predicted octanol–water partition coefficient (Wildman–Crippen LogP) is 2.36. The average molecular weight is 112 g/mol. The van der Waals surface area contributed by atoms with Crippen molar-refractivity contribution in [2.45, 2.75) is 32.6 Å². The second-order valence-corrected chi connectivity index (χ2v) is 1.90. The van der Waals surface area contributed by atoms with E-state index >= 15 is 0 Å². The third kappa shape index (κ3) is 5.54. The maximum absolute atomic E-state index is 6.66. The lowest BCUT2D eigenvalue weighted by atomic mass is 10.2. The molecule has 0 heterocycles. The summed E-state index contributed by atoms with van der Waals surface area (Å²) in [4.78, 5) is 0. The summed E-state index contributed by atoms with van der Waals surface area (Å²) in [6, 6.07) is 0.